The summed E-state index contributed by atoms with van der Waals surface area (Å²) in [6, 6.07) is 15.5. The Kier molecular flexibility index (Phi) is 5.93. The topological polar surface area (TPSA) is 105 Å². The number of amides is 2. The summed E-state index contributed by atoms with van der Waals surface area (Å²) in [5, 5.41) is 14.3. The largest absolute Gasteiger partial charge is 0.481 e. The van der Waals surface area contributed by atoms with Crippen LogP contribution in [0.5, 0.6) is 0 Å². The van der Waals surface area contributed by atoms with Gasteiger partial charge in [-0.1, -0.05) is 55.5 Å². The zero-order chi connectivity index (χ0) is 22.0. The lowest BCUT2D eigenvalue weighted by atomic mass is 9.98. The zero-order valence-electron chi connectivity index (χ0n) is 17.3. The van der Waals surface area contributed by atoms with Crippen molar-refractivity contribution in [3.05, 3.63) is 59.7 Å². The highest BCUT2D eigenvalue weighted by Gasteiger charge is 2.38. The third-order valence-electron chi connectivity index (χ3n) is 6.00. The van der Waals surface area contributed by atoms with Gasteiger partial charge in [0.25, 0.3) is 0 Å². The van der Waals surface area contributed by atoms with Crippen molar-refractivity contribution < 1.29 is 24.2 Å². The molecule has 0 saturated heterocycles. The van der Waals surface area contributed by atoms with E-state index in [1.165, 1.54) is 6.92 Å². The van der Waals surface area contributed by atoms with Gasteiger partial charge in [-0.2, -0.15) is 0 Å². The van der Waals surface area contributed by atoms with Crippen LogP contribution < -0.4 is 10.6 Å². The molecule has 31 heavy (non-hydrogen) atoms. The molecule has 1 fully saturated rings. The van der Waals surface area contributed by atoms with Crippen LogP contribution in [0.4, 0.5) is 4.79 Å². The summed E-state index contributed by atoms with van der Waals surface area (Å²) >= 11 is 0. The predicted molar refractivity (Wildman–Crippen MR) is 115 cm³/mol. The molecule has 1 saturated carbocycles. The van der Waals surface area contributed by atoms with Crippen LogP contribution in [-0.4, -0.2) is 42.3 Å². The van der Waals surface area contributed by atoms with Crippen molar-refractivity contribution in [3.8, 4) is 11.1 Å². The maximum absolute atomic E-state index is 12.5. The molecule has 2 aromatic rings. The minimum absolute atomic E-state index is 0.0176. The number of carboxylic acids is 1. The normalized spacial score (nSPS) is 16.5. The first kappa shape index (κ1) is 20.9. The summed E-state index contributed by atoms with van der Waals surface area (Å²) in [4.78, 5) is 36.0. The average molecular weight is 422 g/mol. The summed E-state index contributed by atoms with van der Waals surface area (Å²) < 4.78 is 5.54. The second-order valence-corrected chi connectivity index (χ2v) is 8.27. The van der Waals surface area contributed by atoms with Gasteiger partial charge in [-0.3, -0.25) is 9.59 Å². The molecule has 162 valence electrons. The van der Waals surface area contributed by atoms with Gasteiger partial charge in [0.1, 0.15) is 12.6 Å². The van der Waals surface area contributed by atoms with Crippen LogP contribution >= 0.6 is 0 Å². The zero-order valence-corrected chi connectivity index (χ0v) is 17.3. The maximum atomic E-state index is 12.5. The molecule has 7 heteroatoms. The van der Waals surface area contributed by atoms with E-state index in [-0.39, 0.29) is 30.9 Å². The third kappa shape index (κ3) is 4.55. The fraction of sp³-hybridized carbons (Fsp3) is 0.375. The highest BCUT2D eigenvalue weighted by atomic mass is 16.5. The fourth-order valence-electron chi connectivity index (χ4n) is 4.05. The van der Waals surface area contributed by atoms with Crippen molar-refractivity contribution in [2.24, 2.45) is 11.8 Å². The molecule has 2 aromatic carbocycles. The molecule has 4 rings (SSSR count). The number of ether oxygens (including phenoxy) is 1. The first-order valence-electron chi connectivity index (χ1n) is 10.6. The van der Waals surface area contributed by atoms with Crippen molar-refractivity contribution in [2.75, 3.05) is 13.2 Å². The average Bonchev–Trinajstić information content (AvgIpc) is 3.56. The molecule has 7 nitrogen and oxygen atoms in total. The second kappa shape index (κ2) is 8.79. The first-order valence-corrected chi connectivity index (χ1v) is 10.6. The Balaban J connectivity index is 1.37. The van der Waals surface area contributed by atoms with E-state index in [9.17, 15) is 14.4 Å². The molecule has 0 radical (unpaired) electrons. The van der Waals surface area contributed by atoms with E-state index in [2.05, 4.69) is 22.8 Å². The van der Waals surface area contributed by atoms with Crippen molar-refractivity contribution in [1.82, 2.24) is 10.6 Å². The van der Waals surface area contributed by atoms with Gasteiger partial charge in [-0.25, -0.2) is 4.79 Å². The lowest BCUT2D eigenvalue weighted by Crippen LogP contribution is -2.49. The molecule has 2 unspecified atom stereocenters. The minimum atomic E-state index is -0.979. The van der Waals surface area contributed by atoms with Crippen LogP contribution in [0.2, 0.25) is 0 Å². The van der Waals surface area contributed by atoms with Gasteiger partial charge < -0.3 is 20.5 Å². The Morgan fingerprint density at radius 2 is 1.61 bits per heavy atom. The second-order valence-electron chi connectivity index (χ2n) is 8.27. The Morgan fingerprint density at radius 1 is 1.03 bits per heavy atom. The number of nitrogens with one attached hydrogen (secondary N) is 2. The molecule has 2 aliphatic rings. The lowest BCUT2D eigenvalue weighted by molar-refractivity contribution is -0.141. The van der Waals surface area contributed by atoms with Gasteiger partial charge >= 0.3 is 12.1 Å². The molecule has 0 bridgehead atoms. The van der Waals surface area contributed by atoms with Crippen LogP contribution in [0.15, 0.2) is 48.5 Å². The van der Waals surface area contributed by atoms with E-state index in [0.29, 0.717) is 0 Å². The van der Waals surface area contributed by atoms with Crippen LogP contribution in [-0.2, 0) is 14.3 Å². The number of benzene rings is 2. The van der Waals surface area contributed by atoms with Crippen LogP contribution in [0.25, 0.3) is 11.1 Å². The summed E-state index contributed by atoms with van der Waals surface area (Å²) in [5.41, 5.74) is 4.54. The van der Waals surface area contributed by atoms with Crippen LogP contribution in [0, 0.1) is 11.8 Å². The number of aliphatic carboxylic acids is 1. The van der Waals surface area contributed by atoms with Gasteiger partial charge in [-0.15, -0.1) is 0 Å². The number of carboxylic acid groups (broad SMARTS) is 1. The number of rotatable bonds is 8. The minimum Gasteiger partial charge on any atom is -0.481 e. The molecular weight excluding hydrogens is 396 g/mol. The van der Waals surface area contributed by atoms with Gasteiger partial charge in [-0.05, 0) is 41.0 Å². The molecule has 0 heterocycles. The predicted octanol–water partition coefficient (Wildman–Crippen LogP) is 3.14. The van der Waals surface area contributed by atoms with Crippen molar-refractivity contribution >= 4 is 18.0 Å². The highest BCUT2D eigenvalue weighted by molar-refractivity contribution is 5.86. The molecule has 0 aliphatic heterocycles. The number of carbonyl (C=O) groups excluding carboxylic acids is 2. The van der Waals surface area contributed by atoms with E-state index in [4.69, 9.17) is 9.84 Å². The number of hydrogen-bond acceptors (Lipinski definition) is 4. The molecule has 0 aromatic heterocycles. The highest BCUT2D eigenvalue weighted by Crippen LogP contribution is 2.44. The van der Waals surface area contributed by atoms with Gasteiger partial charge in [0.15, 0.2) is 0 Å². The molecule has 0 spiro atoms. The summed E-state index contributed by atoms with van der Waals surface area (Å²) in [5.74, 6) is -2.04. The summed E-state index contributed by atoms with van der Waals surface area (Å²) in [6.07, 6.45) is 1.05. The fourth-order valence-corrected chi connectivity index (χ4v) is 4.05. The number of carbonyl (C=O) groups is 3. The van der Waals surface area contributed by atoms with Crippen LogP contribution in [0.1, 0.15) is 36.8 Å². The van der Waals surface area contributed by atoms with E-state index in [1.807, 2.05) is 36.4 Å². The Morgan fingerprint density at radius 3 is 2.16 bits per heavy atom. The number of hydrogen-bond donors (Lipinski definition) is 3. The summed E-state index contributed by atoms with van der Waals surface area (Å²) in [7, 11) is 0. The monoisotopic (exact) mass is 422 g/mol. The quantitative estimate of drug-likeness (QED) is 0.606. The van der Waals surface area contributed by atoms with E-state index in [0.717, 1.165) is 35.1 Å². The van der Waals surface area contributed by atoms with Crippen LogP contribution in [0.3, 0.4) is 0 Å². The van der Waals surface area contributed by atoms with Gasteiger partial charge in [0, 0.05) is 12.5 Å². The van der Waals surface area contributed by atoms with Crippen molar-refractivity contribution in [1.29, 1.82) is 0 Å². The Labute approximate surface area is 180 Å². The Bertz CT molecular complexity index is 955. The van der Waals surface area contributed by atoms with Crippen molar-refractivity contribution in [2.45, 2.75) is 31.7 Å². The van der Waals surface area contributed by atoms with Gasteiger partial charge in [0.05, 0.1) is 5.92 Å². The molecule has 2 amide bonds. The molecule has 2 atom stereocenters. The Hall–Kier alpha value is -3.35. The van der Waals surface area contributed by atoms with E-state index < -0.39 is 24.0 Å². The standard InChI is InChI=1S/C24H26N2O5/c1-14(23(28)29)12-25-22(27)21(15-10-11-15)26-24(30)31-13-20-18-8-4-2-6-16(18)17-7-3-5-9-19(17)20/h2-9,14-15,20-21H,10-13H2,1H3,(H,25,27)(H,26,30)(H,28,29). The van der Waals surface area contributed by atoms with E-state index >= 15 is 0 Å². The van der Waals surface area contributed by atoms with Crippen molar-refractivity contribution in [3.63, 3.8) is 0 Å². The molecule has 3 N–H and O–H groups in total. The SMILES string of the molecule is CC(CNC(=O)C(NC(=O)OCC1c2ccccc2-c2ccccc21)C1CC1)C(=O)O. The lowest BCUT2D eigenvalue weighted by Gasteiger charge is -2.20. The third-order valence-corrected chi connectivity index (χ3v) is 6.00. The molecule has 2 aliphatic carbocycles. The number of alkyl carbamates (subject to hydrolysis) is 1. The maximum Gasteiger partial charge on any atom is 0.407 e. The summed E-state index contributed by atoms with van der Waals surface area (Å²) in [6.45, 7) is 1.71. The smallest absolute Gasteiger partial charge is 0.407 e. The first-order chi connectivity index (χ1) is 15.0. The molecular formula is C24H26N2O5. The van der Waals surface area contributed by atoms with E-state index in [1.54, 1.807) is 0 Å². The number of fused-ring (bicyclic) bond motifs is 3. The van der Waals surface area contributed by atoms with Gasteiger partial charge in [0.2, 0.25) is 5.91 Å².